The number of para-hydroxylation sites is 1. The molecule has 1 aliphatic heterocycles. The number of anilines is 1. The molecule has 6 heteroatoms. The first kappa shape index (κ1) is 23.6. The molecule has 2 aromatic heterocycles. The van der Waals surface area contributed by atoms with E-state index in [0.29, 0.717) is 23.0 Å². The normalized spacial score (nSPS) is 19.6. The highest BCUT2D eigenvalue weighted by Gasteiger charge is 2.53. The highest BCUT2D eigenvalue weighted by Crippen LogP contribution is 2.52. The van der Waals surface area contributed by atoms with E-state index >= 15 is 0 Å². The molecule has 3 heterocycles. The lowest BCUT2D eigenvalue weighted by Crippen LogP contribution is -2.32. The van der Waals surface area contributed by atoms with Gasteiger partial charge < -0.3 is 19.4 Å². The number of pyridine rings is 1. The van der Waals surface area contributed by atoms with Crippen LogP contribution in [0.3, 0.4) is 0 Å². The van der Waals surface area contributed by atoms with Gasteiger partial charge in [0.1, 0.15) is 11.4 Å². The molecule has 0 bridgehead atoms. The number of nitrogens with one attached hydrogen (secondary N) is 1. The molecule has 0 radical (unpaired) electrons. The van der Waals surface area contributed by atoms with Crippen molar-refractivity contribution in [1.29, 1.82) is 0 Å². The number of fused-ring (bicyclic) bond motifs is 2. The summed E-state index contributed by atoms with van der Waals surface area (Å²) in [6.07, 6.45) is 7.92. The fourth-order valence-corrected chi connectivity index (χ4v) is 6.42. The van der Waals surface area contributed by atoms with Crippen molar-refractivity contribution in [1.82, 2.24) is 9.55 Å². The lowest BCUT2D eigenvalue weighted by molar-refractivity contribution is 0.0239. The highest BCUT2D eigenvalue weighted by atomic mass is 16.6. The summed E-state index contributed by atoms with van der Waals surface area (Å²) < 4.78 is 14.7. The molecular weight excluding hydrogens is 462 g/mol. The second kappa shape index (κ2) is 9.25. The Bertz CT molecular complexity index is 1480. The van der Waals surface area contributed by atoms with Gasteiger partial charge in [-0.2, -0.15) is 0 Å². The predicted molar refractivity (Wildman–Crippen MR) is 145 cm³/mol. The number of ether oxygens (including phenoxy) is 2. The standard InChI is InChI=1S/C31H33N3O3/c1-4-34-20(2)28(23-13-8-9-15-26(23)34)31(29-24(30(35)37-31)14-10-18-32-29)25-17-16-22(19-27(25)36-3)33-21-11-6-5-7-12-21/h8-10,13-19,21,33H,4-7,11-12H2,1-3H3. The summed E-state index contributed by atoms with van der Waals surface area (Å²) in [5, 5.41) is 4.74. The Morgan fingerprint density at radius 1 is 1.11 bits per heavy atom. The van der Waals surface area contributed by atoms with Crippen molar-refractivity contribution in [2.75, 3.05) is 12.4 Å². The Hall–Kier alpha value is -3.80. The maximum absolute atomic E-state index is 13.4. The number of esters is 1. The third kappa shape index (κ3) is 3.61. The summed E-state index contributed by atoms with van der Waals surface area (Å²) in [7, 11) is 1.68. The van der Waals surface area contributed by atoms with Crippen molar-refractivity contribution in [3.05, 3.63) is 88.9 Å². The number of cyclic esters (lactones) is 1. The number of hydrogen-bond donors (Lipinski definition) is 1. The van der Waals surface area contributed by atoms with Crippen molar-refractivity contribution in [2.45, 2.75) is 64.1 Å². The van der Waals surface area contributed by atoms with E-state index in [1.165, 1.54) is 32.1 Å². The number of aryl methyl sites for hydroxylation is 1. The largest absolute Gasteiger partial charge is 0.496 e. The summed E-state index contributed by atoms with van der Waals surface area (Å²) >= 11 is 0. The fraction of sp³-hybridized carbons (Fsp3) is 0.355. The Balaban J connectivity index is 1.61. The van der Waals surface area contributed by atoms with Crippen LogP contribution in [-0.4, -0.2) is 28.7 Å². The minimum atomic E-state index is -1.23. The van der Waals surface area contributed by atoms with Gasteiger partial charge in [0.05, 0.1) is 12.7 Å². The molecule has 1 saturated carbocycles. The molecule has 4 aromatic rings. The number of methoxy groups -OCH3 is 1. The number of aromatic nitrogens is 2. The second-order valence-corrected chi connectivity index (χ2v) is 10.1. The number of nitrogens with zero attached hydrogens (tertiary/aromatic N) is 2. The van der Waals surface area contributed by atoms with E-state index in [1.807, 2.05) is 24.3 Å². The molecule has 2 aliphatic rings. The molecule has 190 valence electrons. The summed E-state index contributed by atoms with van der Waals surface area (Å²) in [5.41, 5.74) is 4.73. The Morgan fingerprint density at radius 2 is 1.92 bits per heavy atom. The van der Waals surface area contributed by atoms with E-state index in [0.717, 1.165) is 40.0 Å². The van der Waals surface area contributed by atoms with Crippen molar-refractivity contribution in [2.24, 2.45) is 0 Å². The highest BCUT2D eigenvalue weighted by molar-refractivity contribution is 5.98. The van der Waals surface area contributed by atoms with Crippen LogP contribution in [0.2, 0.25) is 0 Å². The number of rotatable bonds is 6. The zero-order chi connectivity index (χ0) is 25.6. The number of benzene rings is 2. The maximum atomic E-state index is 13.4. The first-order valence-electron chi connectivity index (χ1n) is 13.3. The number of carbonyl (C=O) groups excluding carboxylic acids is 1. The van der Waals surface area contributed by atoms with E-state index in [4.69, 9.17) is 14.5 Å². The Labute approximate surface area is 217 Å². The predicted octanol–water partition coefficient (Wildman–Crippen LogP) is 6.58. The molecule has 1 aliphatic carbocycles. The van der Waals surface area contributed by atoms with Gasteiger partial charge in [0.25, 0.3) is 0 Å². The number of hydrogen-bond acceptors (Lipinski definition) is 5. The van der Waals surface area contributed by atoms with Crippen LogP contribution in [0.4, 0.5) is 5.69 Å². The van der Waals surface area contributed by atoms with E-state index in [-0.39, 0.29) is 5.97 Å². The van der Waals surface area contributed by atoms with Gasteiger partial charge in [0, 0.05) is 58.3 Å². The van der Waals surface area contributed by atoms with E-state index in [1.54, 1.807) is 25.4 Å². The minimum Gasteiger partial charge on any atom is -0.496 e. The molecule has 2 aromatic carbocycles. The first-order chi connectivity index (χ1) is 18.1. The van der Waals surface area contributed by atoms with Crippen molar-refractivity contribution in [3.8, 4) is 5.75 Å². The maximum Gasteiger partial charge on any atom is 0.341 e. The SMILES string of the molecule is CCn1c(C)c(C2(c3ccc(NC4CCCCC4)cc3OC)OC(=O)c3cccnc32)c2ccccc21. The van der Waals surface area contributed by atoms with Gasteiger partial charge in [-0.05, 0) is 57.0 Å². The monoisotopic (exact) mass is 495 g/mol. The summed E-state index contributed by atoms with van der Waals surface area (Å²) in [5.74, 6) is 0.294. The van der Waals surface area contributed by atoms with E-state index in [2.05, 4.69) is 41.9 Å². The van der Waals surface area contributed by atoms with Crippen molar-refractivity contribution < 1.29 is 14.3 Å². The average molecular weight is 496 g/mol. The third-order valence-corrected chi connectivity index (χ3v) is 8.06. The molecule has 1 fully saturated rings. The lowest BCUT2D eigenvalue weighted by atomic mass is 9.80. The minimum absolute atomic E-state index is 0.373. The van der Waals surface area contributed by atoms with Crippen LogP contribution < -0.4 is 10.1 Å². The van der Waals surface area contributed by atoms with Crippen molar-refractivity contribution >= 4 is 22.6 Å². The topological polar surface area (TPSA) is 65.4 Å². The molecule has 0 amide bonds. The molecular formula is C31H33N3O3. The van der Waals surface area contributed by atoms with Crippen LogP contribution >= 0.6 is 0 Å². The quantitative estimate of drug-likeness (QED) is 0.306. The lowest BCUT2D eigenvalue weighted by Gasteiger charge is -2.31. The van der Waals surface area contributed by atoms with Gasteiger partial charge in [-0.1, -0.05) is 37.5 Å². The van der Waals surface area contributed by atoms with Gasteiger partial charge in [0.2, 0.25) is 5.60 Å². The molecule has 1 N–H and O–H groups in total. The van der Waals surface area contributed by atoms with Crippen LogP contribution in [0, 0.1) is 6.92 Å². The molecule has 1 unspecified atom stereocenters. The van der Waals surface area contributed by atoms with E-state index in [9.17, 15) is 4.79 Å². The van der Waals surface area contributed by atoms with E-state index < -0.39 is 5.60 Å². The van der Waals surface area contributed by atoms with Crippen molar-refractivity contribution in [3.63, 3.8) is 0 Å². The average Bonchev–Trinajstić information content (AvgIpc) is 3.39. The fourth-order valence-electron chi connectivity index (χ4n) is 6.42. The molecule has 6 rings (SSSR count). The van der Waals surface area contributed by atoms with Crippen LogP contribution in [-0.2, 0) is 16.9 Å². The summed E-state index contributed by atoms with van der Waals surface area (Å²) in [4.78, 5) is 18.1. The molecule has 6 nitrogen and oxygen atoms in total. The van der Waals surface area contributed by atoms with Gasteiger partial charge in [0.15, 0.2) is 0 Å². The van der Waals surface area contributed by atoms with Gasteiger partial charge in [-0.15, -0.1) is 0 Å². The zero-order valence-corrected chi connectivity index (χ0v) is 21.7. The van der Waals surface area contributed by atoms with Gasteiger partial charge in [-0.3, -0.25) is 4.98 Å². The van der Waals surface area contributed by atoms with Crippen LogP contribution in [0.25, 0.3) is 10.9 Å². The number of carbonyl (C=O) groups is 1. The van der Waals surface area contributed by atoms with Crippen LogP contribution in [0.15, 0.2) is 60.8 Å². The first-order valence-corrected chi connectivity index (χ1v) is 13.3. The molecule has 0 saturated heterocycles. The Morgan fingerprint density at radius 3 is 2.70 bits per heavy atom. The molecule has 37 heavy (non-hydrogen) atoms. The Kier molecular flexibility index (Phi) is 5.90. The van der Waals surface area contributed by atoms with Gasteiger partial charge >= 0.3 is 5.97 Å². The van der Waals surface area contributed by atoms with Gasteiger partial charge in [-0.25, -0.2) is 4.79 Å². The zero-order valence-electron chi connectivity index (χ0n) is 21.7. The third-order valence-electron chi connectivity index (χ3n) is 8.06. The van der Waals surface area contributed by atoms with Crippen LogP contribution in [0.1, 0.15) is 71.9 Å². The summed E-state index contributed by atoms with van der Waals surface area (Å²) in [6.45, 7) is 5.03. The smallest absolute Gasteiger partial charge is 0.341 e. The molecule has 0 spiro atoms. The molecule has 1 atom stereocenters. The summed E-state index contributed by atoms with van der Waals surface area (Å²) in [6, 6.07) is 18.5. The van der Waals surface area contributed by atoms with Crippen LogP contribution in [0.5, 0.6) is 5.75 Å². The second-order valence-electron chi connectivity index (χ2n) is 10.1.